The van der Waals surface area contributed by atoms with E-state index in [2.05, 4.69) is 20.5 Å². The smallest absolute Gasteiger partial charge is 0.379 e. The third-order valence-electron chi connectivity index (χ3n) is 4.02. The molecule has 0 bridgehead atoms. The number of benzene rings is 1. The summed E-state index contributed by atoms with van der Waals surface area (Å²) in [6.45, 7) is 0.733. The number of nitrogens with zero attached hydrogens (tertiary/aromatic N) is 4. The second kappa shape index (κ2) is 9.03. The standard InChI is InChI=1S/C17H14F4N6O5S/c1-16(30,7-33(31,32)8-3-4-9(10(18)5-8)13(28)23-2)14(29)25-15-24-12(17(19,20)21)11(6-22)26-27-15/h3-5,30H,7H2,1-2H3,(H,23,28)(H,24,25,27,29)/t16-/m0/s1. The molecule has 11 nitrogen and oxygen atoms in total. The molecule has 1 heterocycles. The molecular weight excluding hydrogens is 476 g/mol. The van der Waals surface area contributed by atoms with Crippen LogP contribution in [-0.2, 0) is 20.8 Å². The minimum Gasteiger partial charge on any atom is -0.379 e. The number of hydrogen-bond acceptors (Lipinski definition) is 9. The molecule has 0 spiro atoms. The highest BCUT2D eigenvalue weighted by Crippen LogP contribution is 2.29. The zero-order chi connectivity index (χ0) is 25.2. The molecule has 0 fully saturated rings. The maximum absolute atomic E-state index is 14.1. The summed E-state index contributed by atoms with van der Waals surface area (Å²) >= 11 is 0. The van der Waals surface area contributed by atoms with Crippen molar-refractivity contribution in [2.75, 3.05) is 18.1 Å². The molecule has 1 aromatic carbocycles. The third-order valence-corrected chi connectivity index (χ3v) is 5.93. The maximum Gasteiger partial charge on any atom is 0.436 e. The van der Waals surface area contributed by atoms with Gasteiger partial charge in [-0.1, -0.05) is 0 Å². The van der Waals surface area contributed by atoms with Crippen LogP contribution < -0.4 is 10.6 Å². The Kier molecular flexibility index (Phi) is 7.00. The van der Waals surface area contributed by atoms with E-state index >= 15 is 0 Å². The lowest BCUT2D eigenvalue weighted by atomic mass is 10.1. The lowest BCUT2D eigenvalue weighted by Crippen LogP contribution is -2.46. The number of amides is 2. The number of halogens is 4. The van der Waals surface area contributed by atoms with Gasteiger partial charge in [0, 0.05) is 7.05 Å². The summed E-state index contributed by atoms with van der Waals surface area (Å²) in [6, 6.07) is 3.39. The molecule has 0 saturated carbocycles. The number of rotatable bonds is 6. The van der Waals surface area contributed by atoms with Crippen molar-refractivity contribution < 1.29 is 40.7 Å². The number of sulfone groups is 1. The maximum atomic E-state index is 14.1. The number of nitriles is 1. The SMILES string of the molecule is CNC(=O)c1ccc(S(=O)(=O)C[C@](C)(O)C(=O)Nc2nnc(C#N)c(C(F)(F)F)n2)cc1F. The predicted octanol–water partition coefficient (Wildman–Crippen LogP) is 0.424. The lowest BCUT2D eigenvalue weighted by Gasteiger charge is -2.21. The number of nitrogens with one attached hydrogen (secondary N) is 2. The van der Waals surface area contributed by atoms with Gasteiger partial charge in [0.2, 0.25) is 5.95 Å². The molecule has 0 aliphatic rings. The van der Waals surface area contributed by atoms with Gasteiger partial charge in [0.1, 0.15) is 11.9 Å². The van der Waals surface area contributed by atoms with Crippen LogP contribution in [0.3, 0.4) is 0 Å². The Morgan fingerprint density at radius 1 is 1.24 bits per heavy atom. The van der Waals surface area contributed by atoms with Gasteiger partial charge in [-0.05, 0) is 25.1 Å². The highest BCUT2D eigenvalue weighted by atomic mass is 32.2. The van der Waals surface area contributed by atoms with Gasteiger partial charge in [0.05, 0.1) is 16.2 Å². The number of carbonyl (C=O) groups excluding carboxylic acids is 2. The van der Waals surface area contributed by atoms with Crippen molar-refractivity contribution in [2.24, 2.45) is 0 Å². The van der Waals surface area contributed by atoms with Gasteiger partial charge in [0.25, 0.3) is 11.8 Å². The minimum atomic E-state index is -5.11. The summed E-state index contributed by atoms with van der Waals surface area (Å²) in [7, 11) is -3.30. The van der Waals surface area contributed by atoms with Gasteiger partial charge < -0.3 is 10.4 Å². The number of alkyl halides is 3. The van der Waals surface area contributed by atoms with E-state index in [1.54, 1.807) is 5.32 Å². The highest BCUT2D eigenvalue weighted by molar-refractivity contribution is 7.91. The van der Waals surface area contributed by atoms with Crippen molar-refractivity contribution in [1.82, 2.24) is 20.5 Å². The normalized spacial score (nSPS) is 13.5. The molecule has 0 unspecified atom stereocenters. The lowest BCUT2D eigenvalue weighted by molar-refractivity contribution is -0.141. The topological polar surface area (TPSA) is 175 Å². The summed E-state index contributed by atoms with van der Waals surface area (Å²) in [4.78, 5) is 26.1. The summed E-state index contributed by atoms with van der Waals surface area (Å²) in [6.07, 6.45) is -5.11. The van der Waals surface area contributed by atoms with Crippen molar-refractivity contribution in [1.29, 1.82) is 5.26 Å². The Labute approximate surface area is 183 Å². The quantitative estimate of drug-likeness (QED) is 0.485. The summed E-state index contributed by atoms with van der Waals surface area (Å²) < 4.78 is 78.0. The Balaban J connectivity index is 2.28. The molecule has 176 valence electrons. The Morgan fingerprint density at radius 3 is 2.39 bits per heavy atom. The van der Waals surface area contributed by atoms with Gasteiger partial charge in [-0.2, -0.15) is 18.4 Å². The second-order valence-corrected chi connectivity index (χ2v) is 8.64. The van der Waals surface area contributed by atoms with Crippen LogP contribution in [0.1, 0.15) is 28.7 Å². The van der Waals surface area contributed by atoms with E-state index in [-0.39, 0.29) is 0 Å². The molecule has 1 aromatic heterocycles. The molecule has 0 aliphatic carbocycles. The fourth-order valence-electron chi connectivity index (χ4n) is 2.42. The Bertz CT molecular complexity index is 1260. The Morgan fingerprint density at radius 2 is 1.88 bits per heavy atom. The first-order chi connectivity index (χ1) is 15.1. The first-order valence-electron chi connectivity index (χ1n) is 8.62. The van der Waals surface area contributed by atoms with E-state index in [0.717, 1.165) is 25.1 Å². The van der Waals surface area contributed by atoms with E-state index < -0.39 is 72.8 Å². The van der Waals surface area contributed by atoms with Crippen molar-refractivity contribution in [3.63, 3.8) is 0 Å². The molecule has 33 heavy (non-hydrogen) atoms. The fourth-order valence-corrected chi connectivity index (χ4v) is 4.01. The van der Waals surface area contributed by atoms with Crippen LogP contribution in [0.2, 0.25) is 0 Å². The molecular formula is C17H14F4N6O5S. The third kappa shape index (κ3) is 5.75. The van der Waals surface area contributed by atoms with E-state index in [0.29, 0.717) is 6.07 Å². The highest BCUT2D eigenvalue weighted by Gasteiger charge is 2.40. The van der Waals surface area contributed by atoms with Crippen LogP contribution in [-0.4, -0.2) is 58.9 Å². The van der Waals surface area contributed by atoms with Crippen molar-refractivity contribution >= 4 is 27.6 Å². The Hall–Kier alpha value is -3.71. The molecule has 2 aromatic rings. The van der Waals surface area contributed by atoms with Crippen LogP contribution in [0.25, 0.3) is 0 Å². The van der Waals surface area contributed by atoms with Gasteiger partial charge in [-0.15, -0.1) is 10.2 Å². The van der Waals surface area contributed by atoms with E-state index in [4.69, 9.17) is 5.26 Å². The predicted molar refractivity (Wildman–Crippen MR) is 101 cm³/mol. The molecule has 2 rings (SSSR count). The van der Waals surface area contributed by atoms with Gasteiger partial charge in [-0.3, -0.25) is 14.9 Å². The number of anilines is 1. The first-order valence-corrected chi connectivity index (χ1v) is 10.3. The number of aromatic nitrogens is 3. The van der Waals surface area contributed by atoms with Crippen molar-refractivity contribution in [2.45, 2.75) is 23.6 Å². The molecule has 1 atom stereocenters. The summed E-state index contributed by atoms with van der Waals surface area (Å²) in [5.41, 5.74) is -6.12. The second-order valence-electron chi connectivity index (χ2n) is 6.65. The van der Waals surface area contributed by atoms with Crippen LogP contribution in [0.15, 0.2) is 23.1 Å². The average molecular weight is 490 g/mol. The molecule has 0 radical (unpaired) electrons. The number of aliphatic hydroxyl groups is 1. The minimum absolute atomic E-state index is 0.452. The average Bonchev–Trinajstić information content (AvgIpc) is 2.71. The van der Waals surface area contributed by atoms with E-state index in [9.17, 15) is 40.7 Å². The molecule has 0 saturated heterocycles. The van der Waals surface area contributed by atoms with Gasteiger partial charge >= 0.3 is 6.18 Å². The van der Waals surface area contributed by atoms with Gasteiger partial charge in [0.15, 0.2) is 26.8 Å². The van der Waals surface area contributed by atoms with Crippen LogP contribution in [0.5, 0.6) is 0 Å². The van der Waals surface area contributed by atoms with Crippen molar-refractivity contribution in [3.8, 4) is 6.07 Å². The largest absolute Gasteiger partial charge is 0.436 e. The van der Waals surface area contributed by atoms with Crippen LogP contribution >= 0.6 is 0 Å². The molecule has 16 heteroatoms. The van der Waals surface area contributed by atoms with Gasteiger partial charge in [-0.25, -0.2) is 17.8 Å². The summed E-state index contributed by atoms with van der Waals surface area (Å²) in [5, 5.41) is 28.9. The van der Waals surface area contributed by atoms with Crippen molar-refractivity contribution in [3.05, 3.63) is 41.0 Å². The number of hydrogen-bond donors (Lipinski definition) is 3. The zero-order valence-electron chi connectivity index (χ0n) is 16.7. The monoisotopic (exact) mass is 490 g/mol. The molecule has 3 N–H and O–H groups in total. The first kappa shape index (κ1) is 25.5. The fraction of sp³-hybridized carbons (Fsp3) is 0.294. The van der Waals surface area contributed by atoms with Crippen LogP contribution in [0.4, 0.5) is 23.5 Å². The number of carbonyl (C=O) groups is 2. The molecule has 0 aliphatic heterocycles. The van der Waals surface area contributed by atoms with E-state index in [1.165, 1.54) is 7.05 Å². The van der Waals surface area contributed by atoms with E-state index in [1.807, 2.05) is 0 Å². The zero-order valence-corrected chi connectivity index (χ0v) is 17.5. The summed E-state index contributed by atoms with van der Waals surface area (Å²) in [5.74, 6) is -5.90. The molecule has 2 amide bonds. The van der Waals surface area contributed by atoms with Crippen LogP contribution in [0, 0.1) is 17.1 Å².